The largest absolute Gasteiger partial charge is 0.368 e. The molecule has 22 heavy (non-hydrogen) atoms. The standard InChI is InChI=1S/C16H26N4O2/c1-3-19-9-10-20(16(21)14-6-4-5-11-22-14)12-13(19)15-17-7-8-18(15)2/h7-8,13-14H,3-6,9-12H2,1-2H3/t13-,14+/m0/s1. The van der Waals surface area contributed by atoms with Gasteiger partial charge >= 0.3 is 0 Å². The zero-order valence-corrected chi connectivity index (χ0v) is 13.6. The second-order valence-electron chi connectivity index (χ2n) is 6.18. The number of carbonyl (C=O) groups excluding carboxylic acids is 1. The first kappa shape index (κ1) is 15.5. The molecule has 0 bridgehead atoms. The highest BCUT2D eigenvalue weighted by Gasteiger charge is 2.35. The van der Waals surface area contributed by atoms with E-state index >= 15 is 0 Å². The van der Waals surface area contributed by atoms with Crippen LogP contribution in [0.1, 0.15) is 38.1 Å². The molecule has 6 heteroatoms. The summed E-state index contributed by atoms with van der Waals surface area (Å²) in [5.41, 5.74) is 0. The Labute approximate surface area is 132 Å². The number of carbonyl (C=O) groups is 1. The molecule has 3 rings (SSSR count). The van der Waals surface area contributed by atoms with Gasteiger partial charge in [0.15, 0.2) is 0 Å². The maximum atomic E-state index is 12.7. The van der Waals surface area contributed by atoms with Gasteiger partial charge in [-0.1, -0.05) is 6.92 Å². The molecule has 1 aromatic rings. The second kappa shape index (κ2) is 6.79. The molecule has 3 heterocycles. The number of aromatic nitrogens is 2. The third-order valence-corrected chi connectivity index (χ3v) is 4.82. The number of hydrogen-bond acceptors (Lipinski definition) is 4. The third-order valence-electron chi connectivity index (χ3n) is 4.82. The Bertz CT molecular complexity index is 510. The number of hydrogen-bond donors (Lipinski definition) is 0. The SMILES string of the molecule is CCN1CCN(C(=O)[C@H]2CCCCO2)C[C@H]1c1nccn1C. The summed E-state index contributed by atoms with van der Waals surface area (Å²) in [7, 11) is 2.02. The molecule has 1 aromatic heterocycles. The van der Waals surface area contributed by atoms with Crippen molar-refractivity contribution in [1.82, 2.24) is 19.4 Å². The van der Waals surface area contributed by atoms with Gasteiger partial charge in [0.25, 0.3) is 5.91 Å². The van der Waals surface area contributed by atoms with Crippen LogP contribution in [0.15, 0.2) is 12.4 Å². The molecular formula is C16H26N4O2. The maximum absolute atomic E-state index is 12.7. The number of piperazine rings is 1. The predicted molar refractivity (Wildman–Crippen MR) is 83.4 cm³/mol. The molecule has 0 unspecified atom stereocenters. The van der Waals surface area contributed by atoms with E-state index < -0.39 is 0 Å². The molecule has 0 saturated carbocycles. The average Bonchev–Trinajstić information content (AvgIpc) is 3.00. The van der Waals surface area contributed by atoms with E-state index in [9.17, 15) is 4.79 Å². The van der Waals surface area contributed by atoms with Crippen molar-refractivity contribution in [2.45, 2.75) is 38.3 Å². The molecule has 2 fully saturated rings. The monoisotopic (exact) mass is 306 g/mol. The first-order valence-corrected chi connectivity index (χ1v) is 8.32. The third kappa shape index (κ3) is 3.03. The van der Waals surface area contributed by atoms with E-state index in [2.05, 4.69) is 21.4 Å². The molecule has 122 valence electrons. The summed E-state index contributed by atoms with van der Waals surface area (Å²) in [6, 6.07) is 0.172. The summed E-state index contributed by atoms with van der Waals surface area (Å²) in [5.74, 6) is 1.19. The number of amides is 1. The van der Waals surface area contributed by atoms with Crippen molar-refractivity contribution in [3.05, 3.63) is 18.2 Å². The van der Waals surface area contributed by atoms with Gasteiger partial charge in [0.05, 0.1) is 6.04 Å². The highest BCUT2D eigenvalue weighted by atomic mass is 16.5. The zero-order chi connectivity index (χ0) is 15.5. The Morgan fingerprint density at radius 2 is 2.27 bits per heavy atom. The first-order valence-electron chi connectivity index (χ1n) is 8.32. The van der Waals surface area contributed by atoms with Crippen molar-refractivity contribution < 1.29 is 9.53 Å². The minimum atomic E-state index is -0.232. The molecule has 1 amide bonds. The van der Waals surface area contributed by atoms with E-state index in [0.717, 1.165) is 44.7 Å². The summed E-state index contributed by atoms with van der Waals surface area (Å²) in [4.78, 5) is 21.6. The molecular weight excluding hydrogens is 280 g/mol. The molecule has 0 spiro atoms. The lowest BCUT2D eigenvalue weighted by molar-refractivity contribution is -0.149. The van der Waals surface area contributed by atoms with E-state index in [1.165, 1.54) is 0 Å². The summed E-state index contributed by atoms with van der Waals surface area (Å²) >= 11 is 0. The predicted octanol–water partition coefficient (Wildman–Crippen LogP) is 1.19. The lowest BCUT2D eigenvalue weighted by atomic mass is 10.1. The number of nitrogens with zero attached hydrogens (tertiary/aromatic N) is 4. The smallest absolute Gasteiger partial charge is 0.251 e. The Morgan fingerprint density at radius 1 is 1.41 bits per heavy atom. The summed E-state index contributed by atoms with van der Waals surface area (Å²) in [6.07, 6.45) is 6.59. The second-order valence-corrected chi connectivity index (χ2v) is 6.18. The molecule has 0 N–H and O–H groups in total. The quantitative estimate of drug-likeness (QED) is 0.842. The van der Waals surface area contributed by atoms with Gasteiger partial charge < -0.3 is 14.2 Å². The average molecular weight is 306 g/mol. The van der Waals surface area contributed by atoms with Gasteiger partial charge in [-0.25, -0.2) is 4.98 Å². The Kier molecular flexibility index (Phi) is 4.78. The number of rotatable bonds is 3. The number of imidazole rings is 1. The fourth-order valence-corrected chi connectivity index (χ4v) is 3.48. The van der Waals surface area contributed by atoms with Crippen LogP contribution in [0.3, 0.4) is 0 Å². The molecule has 0 aliphatic carbocycles. The minimum absolute atomic E-state index is 0.162. The van der Waals surface area contributed by atoms with Crippen LogP contribution in [0.4, 0.5) is 0 Å². The van der Waals surface area contributed by atoms with Gasteiger partial charge in [-0.3, -0.25) is 9.69 Å². The van der Waals surface area contributed by atoms with Gasteiger partial charge in [-0.05, 0) is 25.8 Å². The van der Waals surface area contributed by atoms with E-state index in [0.29, 0.717) is 13.2 Å². The van der Waals surface area contributed by atoms with E-state index in [-0.39, 0.29) is 18.1 Å². The van der Waals surface area contributed by atoms with Crippen LogP contribution in [0.5, 0.6) is 0 Å². The fraction of sp³-hybridized carbons (Fsp3) is 0.750. The molecule has 2 atom stereocenters. The van der Waals surface area contributed by atoms with Crippen LogP contribution < -0.4 is 0 Å². The van der Waals surface area contributed by atoms with Gasteiger partial charge in [0, 0.05) is 45.7 Å². The minimum Gasteiger partial charge on any atom is -0.368 e. The highest BCUT2D eigenvalue weighted by molar-refractivity contribution is 5.81. The van der Waals surface area contributed by atoms with Crippen molar-refractivity contribution in [3.63, 3.8) is 0 Å². The lowest BCUT2D eigenvalue weighted by Crippen LogP contribution is -2.53. The lowest BCUT2D eigenvalue weighted by Gasteiger charge is -2.41. The fourth-order valence-electron chi connectivity index (χ4n) is 3.48. The van der Waals surface area contributed by atoms with Gasteiger partial charge in [0.1, 0.15) is 11.9 Å². The topological polar surface area (TPSA) is 50.6 Å². The number of aryl methyl sites for hydroxylation is 1. The summed E-state index contributed by atoms with van der Waals surface area (Å²) in [5, 5.41) is 0. The number of ether oxygens (including phenoxy) is 1. The van der Waals surface area contributed by atoms with Gasteiger partial charge in [0.2, 0.25) is 0 Å². The molecule has 2 aliphatic heterocycles. The normalized spacial score (nSPS) is 27.1. The van der Waals surface area contributed by atoms with Crippen molar-refractivity contribution in [3.8, 4) is 0 Å². The van der Waals surface area contributed by atoms with Crippen LogP contribution in [-0.2, 0) is 16.6 Å². The zero-order valence-electron chi connectivity index (χ0n) is 13.6. The van der Waals surface area contributed by atoms with E-state index in [1.807, 2.05) is 24.3 Å². The first-order chi connectivity index (χ1) is 10.7. The molecule has 2 aliphatic rings. The van der Waals surface area contributed by atoms with E-state index in [1.54, 1.807) is 0 Å². The maximum Gasteiger partial charge on any atom is 0.251 e. The van der Waals surface area contributed by atoms with Crippen molar-refractivity contribution in [2.24, 2.45) is 7.05 Å². The van der Waals surface area contributed by atoms with Crippen molar-refractivity contribution >= 4 is 5.91 Å². The Hall–Kier alpha value is -1.40. The van der Waals surface area contributed by atoms with Crippen LogP contribution in [0.2, 0.25) is 0 Å². The Balaban J connectivity index is 1.72. The number of likely N-dealkylation sites (N-methyl/N-ethyl adjacent to an activating group) is 1. The molecule has 6 nitrogen and oxygen atoms in total. The highest BCUT2D eigenvalue weighted by Crippen LogP contribution is 2.25. The van der Waals surface area contributed by atoms with E-state index in [4.69, 9.17) is 4.74 Å². The van der Waals surface area contributed by atoms with Gasteiger partial charge in [-0.2, -0.15) is 0 Å². The van der Waals surface area contributed by atoms with Crippen molar-refractivity contribution in [2.75, 3.05) is 32.8 Å². The Morgan fingerprint density at radius 3 is 2.91 bits per heavy atom. The van der Waals surface area contributed by atoms with Crippen molar-refractivity contribution in [1.29, 1.82) is 0 Å². The molecule has 0 aromatic carbocycles. The van der Waals surface area contributed by atoms with Crippen LogP contribution in [0.25, 0.3) is 0 Å². The van der Waals surface area contributed by atoms with Crippen LogP contribution in [0, 0.1) is 0 Å². The molecule has 2 saturated heterocycles. The van der Waals surface area contributed by atoms with Gasteiger partial charge in [-0.15, -0.1) is 0 Å². The van der Waals surface area contributed by atoms with Crippen LogP contribution >= 0.6 is 0 Å². The summed E-state index contributed by atoms with van der Waals surface area (Å²) in [6.45, 7) is 6.24. The summed E-state index contributed by atoms with van der Waals surface area (Å²) < 4.78 is 7.72. The molecule has 0 radical (unpaired) electrons. The van der Waals surface area contributed by atoms with Crippen LogP contribution in [-0.4, -0.2) is 64.1 Å².